The van der Waals surface area contributed by atoms with Crippen LogP contribution >= 0.6 is 0 Å². The van der Waals surface area contributed by atoms with E-state index in [0.717, 1.165) is 38.5 Å². The number of benzene rings is 1. The van der Waals surface area contributed by atoms with E-state index in [1.807, 2.05) is 0 Å². The molecule has 0 radical (unpaired) electrons. The Morgan fingerprint density at radius 2 is 1.32 bits per heavy atom. The van der Waals surface area contributed by atoms with Gasteiger partial charge in [-0.2, -0.15) is 8.42 Å². The lowest BCUT2D eigenvalue weighted by atomic mass is 10.1. The number of carbonyl (C=O) groups is 2. The second-order valence-electron chi connectivity index (χ2n) is 7.54. The molecule has 178 valence electrons. The molecule has 0 aromatic heterocycles. The van der Waals surface area contributed by atoms with E-state index in [1.54, 1.807) is 6.07 Å². The van der Waals surface area contributed by atoms with Crippen LogP contribution < -0.4 is 10.5 Å². The molecule has 7 nitrogen and oxygen atoms in total. The molecule has 0 aliphatic carbocycles. The number of hydrogen-bond acceptors (Lipinski definition) is 5. The standard InChI is InChI=1S/C15H22O5S.C8H17NO/c1-2-3-4-5-6-7-12-15(16)20-13-10-8-9-11-14(13)21(17,18)19;1-2-3-4-5-6-7-8(9)10/h8-11H,2-7,12H2,1H3,(H,17,18,19);2-7H2,1H3,(H2,9,10). The maximum Gasteiger partial charge on any atom is 0.311 e. The summed E-state index contributed by atoms with van der Waals surface area (Å²) >= 11 is 0. The molecule has 0 atom stereocenters. The molecule has 0 bridgehead atoms. The molecule has 0 aliphatic rings. The first-order valence-electron chi connectivity index (χ1n) is 11.3. The van der Waals surface area contributed by atoms with Gasteiger partial charge >= 0.3 is 5.97 Å². The van der Waals surface area contributed by atoms with Crippen molar-refractivity contribution < 1.29 is 27.3 Å². The van der Waals surface area contributed by atoms with Crippen molar-refractivity contribution in [3.8, 4) is 5.75 Å². The van der Waals surface area contributed by atoms with Crippen molar-refractivity contribution in [3.63, 3.8) is 0 Å². The lowest BCUT2D eigenvalue weighted by molar-refractivity contribution is -0.134. The molecular weight excluding hydrogens is 418 g/mol. The summed E-state index contributed by atoms with van der Waals surface area (Å²) in [4.78, 5) is 21.5. The third-order valence-corrected chi connectivity index (χ3v) is 5.51. The summed E-state index contributed by atoms with van der Waals surface area (Å²) in [5.74, 6) is -0.783. The minimum Gasteiger partial charge on any atom is -0.425 e. The van der Waals surface area contributed by atoms with E-state index in [2.05, 4.69) is 13.8 Å². The summed E-state index contributed by atoms with van der Waals surface area (Å²) in [5.41, 5.74) is 4.97. The van der Waals surface area contributed by atoms with Gasteiger partial charge in [0.05, 0.1) is 0 Å². The number of rotatable bonds is 15. The molecule has 0 saturated carbocycles. The van der Waals surface area contributed by atoms with Crippen molar-refractivity contribution >= 4 is 22.0 Å². The number of amides is 1. The molecule has 1 aromatic rings. The zero-order chi connectivity index (χ0) is 23.5. The molecule has 1 amide bonds. The first kappa shape index (κ1) is 29.1. The number of carbonyl (C=O) groups excluding carboxylic acids is 2. The summed E-state index contributed by atoms with van der Waals surface area (Å²) < 4.78 is 36.4. The lowest BCUT2D eigenvalue weighted by Crippen LogP contribution is -2.10. The highest BCUT2D eigenvalue weighted by atomic mass is 32.2. The first-order chi connectivity index (χ1) is 14.7. The topological polar surface area (TPSA) is 124 Å². The summed E-state index contributed by atoms with van der Waals surface area (Å²) in [6.07, 6.45) is 13.0. The van der Waals surface area contributed by atoms with E-state index < -0.39 is 16.1 Å². The zero-order valence-corrected chi connectivity index (χ0v) is 19.8. The minimum atomic E-state index is -4.39. The highest BCUT2D eigenvalue weighted by Gasteiger charge is 2.18. The van der Waals surface area contributed by atoms with E-state index in [4.69, 9.17) is 15.0 Å². The van der Waals surface area contributed by atoms with Crippen LogP contribution in [0, 0.1) is 0 Å². The molecule has 1 rings (SSSR count). The van der Waals surface area contributed by atoms with Crippen LogP contribution in [-0.4, -0.2) is 24.8 Å². The number of hydrogen-bond donors (Lipinski definition) is 2. The van der Waals surface area contributed by atoms with Gasteiger partial charge in [-0.25, -0.2) is 0 Å². The van der Waals surface area contributed by atoms with Crippen molar-refractivity contribution in [2.45, 2.75) is 102 Å². The van der Waals surface area contributed by atoms with E-state index >= 15 is 0 Å². The van der Waals surface area contributed by atoms with Gasteiger partial charge in [-0.05, 0) is 25.0 Å². The van der Waals surface area contributed by atoms with Crippen molar-refractivity contribution in [1.29, 1.82) is 0 Å². The Morgan fingerprint density at radius 1 is 0.839 bits per heavy atom. The predicted molar refractivity (Wildman–Crippen MR) is 122 cm³/mol. The molecule has 1 aromatic carbocycles. The summed E-state index contributed by atoms with van der Waals surface area (Å²) in [5, 5.41) is 0. The van der Waals surface area contributed by atoms with Gasteiger partial charge in [0.2, 0.25) is 5.91 Å². The van der Waals surface area contributed by atoms with Gasteiger partial charge in [0.15, 0.2) is 5.75 Å². The van der Waals surface area contributed by atoms with Crippen molar-refractivity contribution in [1.82, 2.24) is 0 Å². The van der Waals surface area contributed by atoms with Crippen LogP contribution in [0.15, 0.2) is 29.2 Å². The van der Waals surface area contributed by atoms with Crippen LogP contribution in [0.2, 0.25) is 0 Å². The Hall–Kier alpha value is -1.93. The maximum atomic E-state index is 11.7. The van der Waals surface area contributed by atoms with Crippen LogP contribution in [0.5, 0.6) is 5.75 Å². The van der Waals surface area contributed by atoms with Crippen molar-refractivity contribution in [3.05, 3.63) is 24.3 Å². The number of unbranched alkanes of at least 4 members (excludes halogenated alkanes) is 9. The fourth-order valence-corrected chi connectivity index (χ4v) is 3.49. The van der Waals surface area contributed by atoms with Gasteiger partial charge in [-0.15, -0.1) is 0 Å². The highest BCUT2D eigenvalue weighted by Crippen LogP contribution is 2.23. The third kappa shape index (κ3) is 16.4. The maximum absolute atomic E-state index is 11.7. The second kappa shape index (κ2) is 17.7. The van der Waals surface area contributed by atoms with Crippen LogP contribution in [0.4, 0.5) is 0 Å². The first-order valence-corrected chi connectivity index (χ1v) is 12.7. The van der Waals surface area contributed by atoms with E-state index in [-0.39, 0.29) is 23.0 Å². The average molecular weight is 458 g/mol. The predicted octanol–water partition coefficient (Wildman–Crippen LogP) is 5.42. The molecule has 3 N–H and O–H groups in total. The molecule has 0 unspecified atom stereocenters. The zero-order valence-electron chi connectivity index (χ0n) is 19.0. The molecule has 0 heterocycles. The SMILES string of the molecule is CCCCCCCC(N)=O.CCCCCCCCC(=O)Oc1ccccc1S(=O)(=O)O. The summed E-state index contributed by atoms with van der Waals surface area (Å²) in [6.45, 7) is 4.32. The second-order valence-corrected chi connectivity index (χ2v) is 8.93. The molecule has 0 spiro atoms. The number of nitrogens with two attached hydrogens (primary N) is 1. The van der Waals surface area contributed by atoms with E-state index in [1.165, 1.54) is 50.3 Å². The number of primary amides is 1. The normalized spacial score (nSPS) is 10.8. The average Bonchev–Trinajstić information content (AvgIpc) is 2.70. The van der Waals surface area contributed by atoms with Crippen LogP contribution in [0.25, 0.3) is 0 Å². The highest BCUT2D eigenvalue weighted by molar-refractivity contribution is 7.86. The molecule has 0 fully saturated rings. The molecule has 8 heteroatoms. The van der Waals surface area contributed by atoms with Crippen LogP contribution in [0.1, 0.15) is 97.3 Å². The fraction of sp³-hybridized carbons (Fsp3) is 0.652. The summed E-state index contributed by atoms with van der Waals surface area (Å²) in [7, 11) is -4.39. The molecule has 0 saturated heterocycles. The molecule has 31 heavy (non-hydrogen) atoms. The van der Waals surface area contributed by atoms with Crippen LogP contribution in [0.3, 0.4) is 0 Å². The van der Waals surface area contributed by atoms with Crippen molar-refractivity contribution in [2.24, 2.45) is 5.73 Å². The van der Waals surface area contributed by atoms with Gasteiger partial charge in [0.1, 0.15) is 4.90 Å². The largest absolute Gasteiger partial charge is 0.425 e. The fourth-order valence-electron chi connectivity index (χ4n) is 2.87. The number of para-hydroxylation sites is 1. The minimum absolute atomic E-state index is 0.129. The van der Waals surface area contributed by atoms with E-state index in [9.17, 15) is 18.0 Å². The van der Waals surface area contributed by atoms with Crippen molar-refractivity contribution in [2.75, 3.05) is 0 Å². The monoisotopic (exact) mass is 457 g/mol. The summed E-state index contributed by atoms with van der Waals surface area (Å²) in [6, 6.07) is 5.54. The Labute approximate surface area is 187 Å². The molecular formula is C23H39NO6S. The van der Waals surface area contributed by atoms with E-state index in [0.29, 0.717) is 6.42 Å². The Bertz CT molecular complexity index is 733. The van der Waals surface area contributed by atoms with Gasteiger partial charge in [-0.3, -0.25) is 14.1 Å². The third-order valence-electron chi connectivity index (χ3n) is 4.61. The van der Waals surface area contributed by atoms with Gasteiger partial charge < -0.3 is 10.5 Å². The van der Waals surface area contributed by atoms with Gasteiger partial charge in [0.25, 0.3) is 10.1 Å². The Balaban J connectivity index is 0.000000759. The van der Waals surface area contributed by atoms with Gasteiger partial charge in [-0.1, -0.05) is 83.8 Å². The van der Waals surface area contributed by atoms with Crippen LogP contribution in [-0.2, 0) is 19.7 Å². The number of ether oxygens (including phenoxy) is 1. The Morgan fingerprint density at radius 3 is 1.84 bits per heavy atom. The quantitative estimate of drug-likeness (QED) is 0.157. The Kier molecular flexibility index (Phi) is 16.6. The number of esters is 1. The van der Waals surface area contributed by atoms with Gasteiger partial charge in [0, 0.05) is 12.8 Å². The lowest BCUT2D eigenvalue weighted by Gasteiger charge is -2.07. The smallest absolute Gasteiger partial charge is 0.311 e. The molecule has 0 aliphatic heterocycles.